The summed E-state index contributed by atoms with van der Waals surface area (Å²) in [6, 6.07) is 18.3. The second kappa shape index (κ2) is 9.21. The van der Waals surface area contributed by atoms with Crippen LogP contribution in [0, 0.1) is 12.7 Å². The first-order valence-corrected chi connectivity index (χ1v) is 9.26. The smallest absolute Gasteiger partial charge is 0.255 e. The van der Waals surface area contributed by atoms with Gasteiger partial charge in [-0.15, -0.1) is 0 Å². The molecule has 0 saturated carbocycles. The first-order chi connectivity index (χ1) is 13.9. The molecule has 0 saturated heterocycles. The molecule has 0 aliphatic carbocycles. The van der Waals surface area contributed by atoms with Crippen molar-refractivity contribution in [2.45, 2.75) is 6.92 Å². The maximum absolute atomic E-state index is 13.2. The van der Waals surface area contributed by atoms with Crippen LogP contribution in [0.1, 0.15) is 15.9 Å². The Morgan fingerprint density at radius 2 is 1.62 bits per heavy atom. The van der Waals surface area contributed by atoms with Gasteiger partial charge in [0.25, 0.3) is 5.91 Å². The van der Waals surface area contributed by atoms with Crippen molar-refractivity contribution in [3.05, 3.63) is 88.7 Å². The molecule has 3 aromatic carbocycles. The minimum Gasteiger partial charge on any atom is -0.376 e. The van der Waals surface area contributed by atoms with Crippen molar-refractivity contribution in [2.75, 3.05) is 22.5 Å². The molecule has 148 valence electrons. The molecule has 3 N–H and O–H groups in total. The molecule has 0 aromatic heterocycles. The number of anilines is 3. The van der Waals surface area contributed by atoms with E-state index in [1.165, 1.54) is 18.2 Å². The van der Waals surface area contributed by atoms with Crippen molar-refractivity contribution >= 4 is 40.5 Å². The predicted octanol–water partition coefficient (Wildman–Crippen LogP) is 5.09. The fourth-order valence-corrected chi connectivity index (χ4v) is 2.82. The largest absolute Gasteiger partial charge is 0.376 e. The van der Waals surface area contributed by atoms with Crippen molar-refractivity contribution in [3.8, 4) is 0 Å². The second-order valence-corrected chi connectivity index (χ2v) is 6.79. The monoisotopic (exact) mass is 411 g/mol. The minimum atomic E-state index is -0.548. The highest BCUT2D eigenvalue weighted by atomic mass is 35.5. The summed E-state index contributed by atoms with van der Waals surface area (Å²) in [4.78, 5) is 24.5. The summed E-state index contributed by atoms with van der Waals surface area (Å²) in [6.45, 7) is 1.88. The fraction of sp³-hybridized carbons (Fsp3) is 0.0909. The Balaban J connectivity index is 1.61. The van der Waals surface area contributed by atoms with E-state index in [1.807, 2.05) is 19.1 Å². The van der Waals surface area contributed by atoms with Crippen LogP contribution in [-0.4, -0.2) is 18.4 Å². The Morgan fingerprint density at radius 3 is 2.34 bits per heavy atom. The molecule has 0 spiro atoms. The maximum atomic E-state index is 13.2. The van der Waals surface area contributed by atoms with Gasteiger partial charge < -0.3 is 16.0 Å². The molecule has 2 amide bonds. The number of hydrogen-bond acceptors (Lipinski definition) is 3. The van der Waals surface area contributed by atoms with Gasteiger partial charge in [-0.1, -0.05) is 35.9 Å². The summed E-state index contributed by atoms with van der Waals surface area (Å²) < 4.78 is 13.2. The van der Waals surface area contributed by atoms with E-state index < -0.39 is 5.82 Å². The molecule has 0 fully saturated rings. The molecular weight excluding hydrogens is 393 g/mol. The van der Waals surface area contributed by atoms with Crippen LogP contribution in [0.25, 0.3) is 0 Å². The van der Waals surface area contributed by atoms with Crippen LogP contribution < -0.4 is 16.0 Å². The van der Waals surface area contributed by atoms with Crippen LogP contribution in [0.3, 0.4) is 0 Å². The summed E-state index contributed by atoms with van der Waals surface area (Å²) in [5.41, 5.74) is 3.20. The van der Waals surface area contributed by atoms with Gasteiger partial charge in [0.2, 0.25) is 5.91 Å². The van der Waals surface area contributed by atoms with E-state index in [0.717, 1.165) is 5.56 Å². The Bertz CT molecular complexity index is 1040. The lowest BCUT2D eigenvalue weighted by molar-refractivity contribution is -0.114. The van der Waals surface area contributed by atoms with Crippen LogP contribution in [0.2, 0.25) is 5.02 Å². The van der Waals surface area contributed by atoms with Crippen LogP contribution >= 0.6 is 11.6 Å². The molecule has 29 heavy (non-hydrogen) atoms. The van der Waals surface area contributed by atoms with Crippen LogP contribution in [0.15, 0.2) is 66.7 Å². The molecule has 0 radical (unpaired) electrons. The normalized spacial score (nSPS) is 10.3. The maximum Gasteiger partial charge on any atom is 0.255 e. The van der Waals surface area contributed by atoms with E-state index >= 15 is 0 Å². The molecule has 0 aliphatic heterocycles. The van der Waals surface area contributed by atoms with Gasteiger partial charge in [0.05, 0.1) is 11.6 Å². The standard InChI is InChI=1S/C22H19ClFN3O2/c1-14-7-8-17(27-22(29)15-5-3-2-4-6-15)12-20(14)25-13-21(28)26-16-9-10-19(24)18(23)11-16/h2-12,25H,13H2,1H3,(H,26,28)(H,27,29). The molecule has 0 unspecified atom stereocenters. The van der Waals surface area contributed by atoms with Crippen molar-refractivity contribution in [1.29, 1.82) is 0 Å². The van der Waals surface area contributed by atoms with Gasteiger partial charge in [0.15, 0.2) is 0 Å². The minimum absolute atomic E-state index is 0.00802. The van der Waals surface area contributed by atoms with E-state index in [9.17, 15) is 14.0 Å². The molecule has 7 heteroatoms. The number of carbonyl (C=O) groups is 2. The van der Waals surface area contributed by atoms with E-state index in [1.54, 1.807) is 36.4 Å². The SMILES string of the molecule is Cc1ccc(NC(=O)c2ccccc2)cc1NCC(=O)Nc1ccc(F)c(Cl)c1. The van der Waals surface area contributed by atoms with Gasteiger partial charge in [-0.05, 0) is 55.0 Å². The van der Waals surface area contributed by atoms with Gasteiger partial charge in [0, 0.05) is 22.6 Å². The number of benzene rings is 3. The van der Waals surface area contributed by atoms with Gasteiger partial charge in [-0.3, -0.25) is 9.59 Å². The number of hydrogen-bond donors (Lipinski definition) is 3. The van der Waals surface area contributed by atoms with Crippen LogP contribution in [-0.2, 0) is 4.79 Å². The Kier molecular flexibility index (Phi) is 6.46. The molecule has 3 aromatic rings. The Labute approximate surface area is 172 Å². The number of nitrogens with one attached hydrogen (secondary N) is 3. The van der Waals surface area contributed by atoms with E-state index in [2.05, 4.69) is 16.0 Å². The summed E-state index contributed by atoms with van der Waals surface area (Å²) in [5.74, 6) is -1.08. The third kappa shape index (κ3) is 5.56. The van der Waals surface area contributed by atoms with Crippen LogP contribution in [0.5, 0.6) is 0 Å². The zero-order valence-corrected chi connectivity index (χ0v) is 16.4. The Hall–Kier alpha value is -3.38. The van der Waals surface area contributed by atoms with Crippen molar-refractivity contribution in [2.24, 2.45) is 0 Å². The number of halogens is 2. The van der Waals surface area contributed by atoms with Gasteiger partial charge in [-0.2, -0.15) is 0 Å². The highest BCUT2D eigenvalue weighted by Crippen LogP contribution is 2.22. The molecule has 3 rings (SSSR count). The number of carbonyl (C=O) groups excluding carboxylic acids is 2. The van der Waals surface area contributed by atoms with Crippen molar-refractivity contribution in [3.63, 3.8) is 0 Å². The van der Waals surface area contributed by atoms with Gasteiger partial charge in [0.1, 0.15) is 5.82 Å². The summed E-state index contributed by atoms with van der Waals surface area (Å²) in [5, 5.41) is 8.46. The average Bonchev–Trinajstić information content (AvgIpc) is 2.71. The van der Waals surface area contributed by atoms with Crippen LogP contribution in [0.4, 0.5) is 21.5 Å². The van der Waals surface area contributed by atoms with Gasteiger partial charge >= 0.3 is 0 Å². The first kappa shape index (κ1) is 20.4. The van der Waals surface area contributed by atoms with E-state index in [4.69, 9.17) is 11.6 Å². The topological polar surface area (TPSA) is 70.2 Å². The second-order valence-electron chi connectivity index (χ2n) is 6.38. The van der Waals surface area contributed by atoms with Crippen molar-refractivity contribution in [1.82, 2.24) is 0 Å². The zero-order valence-electron chi connectivity index (χ0n) is 15.6. The highest BCUT2D eigenvalue weighted by Gasteiger charge is 2.09. The third-order valence-corrected chi connectivity index (χ3v) is 4.46. The quantitative estimate of drug-likeness (QED) is 0.529. The summed E-state index contributed by atoms with van der Waals surface area (Å²) in [6.07, 6.45) is 0. The van der Waals surface area contributed by atoms with Gasteiger partial charge in [-0.25, -0.2) is 4.39 Å². The zero-order chi connectivity index (χ0) is 20.8. The molecule has 0 bridgehead atoms. The predicted molar refractivity (Wildman–Crippen MR) is 114 cm³/mol. The average molecular weight is 412 g/mol. The lowest BCUT2D eigenvalue weighted by atomic mass is 10.1. The number of rotatable bonds is 6. The number of aryl methyl sites for hydroxylation is 1. The molecule has 5 nitrogen and oxygen atoms in total. The molecule has 0 heterocycles. The van der Waals surface area contributed by atoms with E-state index in [-0.39, 0.29) is 23.4 Å². The molecule has 0 aliphatic rings. The van der Waals surface area contributed by atoms with E-state index in [0.29, 0.717) is 22.6 Å². The fourth-order valence-electron chi connectivity index (χ4n) is 2.64. The van der Waals surface area contributed by atoms with Crippen molar-refractivity contribution < 1.29 is 14.0 Å². The lowest BCUT2D eigenvalue weighted by Gasteiger charge is -2.13. The summed E-state index contributed by atoms with van der Waals surface area (Å²) >= 11 is 5.72. The molecule has 0 atom stereocenters. The third-order valence-electron chi connectivity index (χ3n) is 4.17. The first-order valence-electron chi connectivity index (χ1n) is 8.88. The lowest BCUT2D eigenvalue weighted by Crippen LogP contribution is -2.22. The Morgan fingerprint density at radius 1 is 0.931 bits per heavy atom. The number of amides is 2. The summed E-state index contributed by atoms with van der Waals surface area (Å²) in [7, 11) is 0. The molecular formula is C22H19ClFN3O2. The highest BCUT2D eigenvalue weighted by molar-refractivity contribution is 6.31.